The summed E-state index contributed by atoms with van der Waals surface area (Å²) in [5.74, 6) is -1.35. The molecule has 0 atom stereocenters. The predicted molar refractivity (Wildman–Crippen MR) is 134 cm³/mol. The lowest BCUT2D eigenvalue weighted by molar-refractivity contribution is -0.141. The predicted octanol–water partition coefficient (Wildman–Crippen LogP) is 5.74. The number of nitrogens with zero attached hydrogens (tertiary/aromatic N) is 4. The van der Waals surface area contributed by atoms with E-state index in [4.69, 9.17) is 25.9 Å². The minimum absolute atomic E-state index is 0.00438. The van der Waals surface area contributed by atoms with Gasteiger partial charge in [0.2, 0.25) is 0 Å². The van der Waals surface area contributed by atoms with Crippen molar-refractivity contribution in [3.05, 3.63) is 70.3 Å². The highest BCUT2D eigenvalue weighted by atomic mass is 35.5. The lowest BCUT2D eigenvalue weighted by Crippen LogP contribution is -2.27. The molecule has 4 rings (SSSR count). The van der Waals surface area contributed by atoms with Gasteiger partial charge in [0, 0.05) is 36.9 Å². The number of benzene rings is 2. The minimum Gasteiger partial charge on any atom is -0.496 e. The molecular weight excluding hydrogens is 541 g/mol. The van der Waals surface area contributed by atoms with Gasteiger partial charge in [-0.3, -0.25) is 14.6 Å². The van der Waals surface area contributed by atoms with E-state index in [2.05, 4.69) is 9.97 Å². The molecule has 13 heteroatoms. The fourth-order valence-corrected chi connectivity index (χ4v) is 4.13. The third kappa shape index (κ3) is 5.49. The fourth-order valence-electron chi connectivity index (χ4n) is 3.87. The summed E-state index contributed by atoms with van der Waals surface area (Å²) >= 11 is 6.38. The molecule has 0 aliphatic carbocycles. The first-order valence-electron chi connectivity index (χ1n) is 11.2. The fraction of sp³-hybridized carbons (Fsp3) is 0.192. The molecule has 4 aromatic rings. The maximum atomic E-state index is 13.7. The van der Waals surface area contributed by atoms with Crippen LogP contribution < -0.4 is 9.64 Å². The van der Waals surface area contributed by atoms with Gasteiger partial charge >= 0.3 is 12.1 Å². The second-order valence-corrected chi connectivity index (χ2v) is 8.66. The number of carbonyl (C=O) groups excluding carboxylic acids is 1. The highest BCUT2D eigenvalue weighted by molar-refractivity contribution is 6.34. The summed E-state index contributed by atoms with van der Waals surface area (Å²) in [6.07, 6.45) is -4.02. The quantitative estimate of drug-likeness (QED) is 0.304. The number of hydrogen-bond acceptors (Lipinski definition) is 7. The molecule has 0 aliphatic heterocycles. The first-order valence-corrected chi connectivity index (χ1v) is 11.6. The number of pyridine rings is 1. The van der Waals surface area contributed by atoms with Crippen LogP contribution in [0.3, 0.4) is 0 Å². The van der Waals surface area contributed by atoms with Crippen LogP contribution in [0.15, 0.2) is 47.0 Å². The maximum Gasteiger partial charge on any atom is 0.433 e. The second-order valence-electron chi connectivity index (χ2n) is 8.25. The van der Waals surface area contributed by atoms with Crippen LogP contribution in [-0.2, 0) is 17.4 Å². The van der Waals surface area contributed by atoms with E-state index in [-0.39, 0.29) is 57.3 Å². The van der Waals surface area contributed by atoms with Gasteiger partial charge in [-0.25, -0.2) is 4.98 Å². The average molecular weight is 559 g/mol. The average Bonchev–Trinajstić information content (AvgIpc) is 3.33. The lowest BCUT2D eigenvalue weighted by Gasteiger charge is -2.20. The number of rotatable bonds is 7. The number of para-hydroxylation sites is 1. The molecule has 9 nitrogen and oxygen atoms in total. The van der Waals surface area contributed by atoms with Crippen molar-refractivity contribution in [2.45, 2.75) is 19.0 Å². The lowest BCUT2D eigenvalue weighted by atomic mass is 9.98. The maximum absolute atomic E-state index is 13.7. The van der Waals surface area contributed by atoms with Crippen molar-refractivity contribution in [2.75, 3.05) is 19.1 Å². The molecule has 1 amide bonds. The molecule has 0 aliphatic rings. The molecular formula is C26H18ClF3N4O5. The Hall–Kier alpha value is -4.63. The number of anilines is 1. The molecule has 0 fully saturated rings. The third-order valence-electron chi connectivity index (χ3n) is 5.78. The first-order chi connectivity index (χ1) is 18.4. The summed E-state index contributed by atoms with van der Waals surface area (Å²) in [4.78, 5) is 33.5. The summed E-state index contributed by atoms with van der Waals surface area (Å²) < 4.78 is 50.4. The van der Waals surface area contributed by atoms with Crippen LogP contribution in [0.4, 0.5) is 18.9 Å². The van der Waals surface area contributed by atoms with Gasteiger partial charge in [-0.15, -0.1) is 0 Å². The van der Waals surface area contributed by atoms with Crippen molar-refractivity contribution >= 4 is 40.3 Å². The van der Waals surface area contributed by atoms with Gasteiger partial charge in [0.15, 0.2) is 11.5 Å². The number of carboxylic acid groups (broad SMARTS) is 1. The molecule has 2 aromatic carbocycles. The van der Waals surface area contributed by atoms with Gasteiger partial charge < -0.3 is 19.2 Å². The molecule has 0 spiro atoms. The van der Waals surface area contributed by atoms with Gasteiger partial charge in [-0.05, 0) is 24.3 Å². The van der Waals surface area contributed by atoms with Crippen LogP contribution in [0.2, 0.25) is 5.02 Å². The normalized spacial score (nSPS) is 11.3. The monoisotopic (exact) mass is 558 g/mol. The number of carbonyl (C=O) groups is 2. The number of oxazole rings is 1. The molecule has 0 bridgehead atoms. The van der Waals surface area contributed by atoms with E-state index in [1.54, 1.807) is 24.3 Å². The number of methoxy groups -OCH3 is 1. The van der Waals surface area contributed by atoms with Crippen LogP contribution in [0.1, 0.15) is 33.9 Å². The summed E-state index contributed by atoms with van der Waals surface area (Å²) in [5, 5.41) is 18.5. The van der Waals surface area contributed by atoms with Crippen LogP contribution >= 0.6 is 11.6 Å². The summed E-state index contributed by atoms with van der Waals surface area (Å²) in [6.45, 7) is 0. The van der Waals surface area contributed by atoms with Crippen molar-refractivity contribution in [2.24, 2.45) is 0 Å². The topological polar surface area (TPSA) is 130 Å². The summed E-state index contributed by atoms with van der Waals surface area (Å²) in [5.41, 5.74) is -0.518. The van der Waals surface area contributed by atoms with E-state index >= 15 is 0 Å². The van der Waals surface area contributed by atoms with Crippen molar-refractivity contribution < 1.29 is 37.0 Å². The van der Waals surface area contributed by atoms with Gasteiger partial charge in [-0.2, -0.15) is 18.4 Å². The number of aryl methyl sites for hydroxylation is 1. The SMILES string of the molecule is COc1cc(Cl)c(-c2cnc(C(F)(F)F)cc2C#N)cc1C(=O)N(C)c1cccc2nc(CCC(=O)O)oc12. The Balaban J connectivity index is 1.78. The molecule has 0 saturated carbocycles. The Morgan fingerprint density at radius 3 is 2.62 bits per heavy atom. The number of halogens is 4. The number of nitriles is 1. The van der Waals surface area contributed by atoms with E-state index < -0.39 is 23.7 Å². The molecule has 0 saturated heterocycles. The van der Waals surface area contributed by atoms with Crippen LogP contribution in [-0.4, -0.2) is 41.1 Å². The van der Waals surface area contributed by atoms with Crippen molar-refractivity contribution in [3.8, 4) is 22.9 Å². The Kier molecular flexibility index (Phi) is 7.47. The molecule has 1 N–H and O–H groups in total. The van der Waals surface area contributed by atoms with Gasteiger partial charge in [0.05, 0.1) is 41.4 Å². The summed E-state index contributed by atoms with van der Waals surface area (Å²) in [7, 11) is 2.78. The zero-order valence-electron chi connectivity index (χ0n) is 20.3. The van der Waals surface area contributed by atoms with E-state index in [9.17, 15) is 28.0 Å². The van der Waals surface area contributed by atoms with Crippen molar-refractivity contribution in [1.29, 1.82) is 5.26 Å². The van der Waals surface area contributed by atoms with E-state index in [0.717, 1.165) is 6.20 Å². The number of ether oxygens (including phenoxy) is 1. The van der Waals surface area contributed by atoms with Gasteiger partial charge in [0.1, 0.15) is 17.0 Å². The number of aliphatic carboxylic acids is 1. The van der Waals surface area contributed by atoms with E-state index in [1.165, 1.54) is 31.2 Å². The smallest absolute Gasteiger partial charge is 0.433 e. The van der Waals surface area contributed by atoms with E-state index in [0.29, 0.717) is 17.3 Å². The molecule has 0 radical (unpaired) electrons. The number of carboxylic acids is 1. The number of alkyl halides is 3. The Bertz CT molecular complexity index is 1650. The highest BCUT2D eigenvalue weighted by Crippen LogP contribution is 2.38. The number of fused-ring (bicyclic) bond motifs is 1. The largest absolute Gasteiger partial charge is 0.496 e. The Morgan fingerprint density at radius 2 is 1.97 bits per heavy atom. The zero-order valence-corrected chi connectivity index (χ0v) is 21.1. The summed E-state index contributed by atoms with van der Waals surface area (Å²) in [6, 6.07) is 9.84. The third-order valence-corrected chi connectivity index (χ3v) is 6.09. The standard InChI is InChI=1S/C26H18ClF3N4O5/c1-34(19-5-3-4-18-24(19)39-22(33-18)6-7-23(35)36)25(37)15-9-14(17(27)10-20(15)38-2)16-12-32-21(26(28,29)30)8-13(16)11-31/h3-5,8-10,12H,6-7H2,1-2H3,(H,35,36). The Morgan fingerprint density at radius 1 is 1.23 bits per heavy atom. The van der Waals surface area contributed by atoms with Gasteiger partial charge in [0.25, 0.3) is 5.91 Å². The molecule has 2 aromatic heterocycles. The van der Waals surface area contributed by atoms with Crippen LogP contribution in [0, 0.1) is 11.3 Å². The molecule has 39 heavy (non-hydrogen) atoms. The van der Waals surface area contributed by atoms with Crippen LogP contribution in [0.5, 0.6) is 5.75 Å². The minimum atomic E-state index is -4.76. The second kappa shape index (κ2) is 10.6. The number of aromatic nitrogens is 2. The van der Waals surface area contributed by atoms with E-state index in [1.807, 2.05) is 0 Å². The Labute approximate surface area is 224 Å². The highest BCUT2D eigenvalue weighted by Gasteiger charge is 2.33. The van der Waals surface area contributed by atoms with Crippen molar-refractivity contribution in [1.82, 2.24) is 9.97 Å². The van der Waals surface area contributed by atoms with Crippen molar-refractivity contribution in [3.63, 3.8) is 0 Å². The van der Waals surface area contributed by atoms with Crippen LogP contribution in [0.25, 0.3) is 22.2 Å². The number of hydrogen-bond donors (Lipinski definition) is 1. The zero-order chi connectivity index (χ0) is 28.5. The molecule has 200 valence electrons. The van der Waals surface area contributed by atoms with Gasteiger partial charge in [-0.1, -0.05) is 17.7 Å². The molecule has 0 unspecified atom stereocenters. The number of amides is 1. The molecule has 2 heterocycles. The first kappa shape index (κ1) is 27.4.